The van der Waals surface area contributed by atoms with Gasteiger partial charge in [0.05, 0.1) is 5.92 Å². The standard InChI is InChI=1S/C20H28N2O3/c1-20(16-6-3-2-4-7-16)12-5-13-22(14-20)19(25)21-17-10-8-15(9-11-17)18(23)24/h2-4,6-7,15,17H,5,8-14H2,1H3,(H,21,25)(H,23,24). The third-order valence-electron chi connectivity index (χ3n) is 5.86. The fourth-order valence-electron chi connectivity index (χ4n) is 4.24. The van der Waals surface area contributed by atoms with Crippen LogP contribution in [-0.4, -0.2) is 41.1 Å². The summed E-state index contributed by atoms with van der Waals surface area (Å²) in [6, 6.07) is 10.5. The SMILES string of the molecule is CC1(c2ccccc2)CCCN(C(=O)NC2CCC(C(=O)O)CC2)C1. The van der Waals surface area contributed by atoms with Gasteiger partial charge in [0.25, 0.3) is 0 Å². The highest BCUT2D eigenvalue weighted by Gasteiger charge is 2.35. The summed E-state index contributed by atoms with van der Waals surface area (Å²) in [5, 5.41) is 12.2. The predicted molar refractivity (Wildman–Crippen MR) is 96.5 cm³/mol. The number of hydrogen-bond donors (Lipinski definition) is 2. The summed E-state index contributed by atoms with van der Waals surface area (Å²) >= 11 is 0. The lowest BCUT2D eigenvalue weighted by Gasteiger charge is -2.41. The van der Waals surface area contributed by atoms with Crippen molar-refractivity contribution in [3.63, 3.8) is 0 Å². The number of urea groups is 1. The summed E-state index contributed by atoms with van der Waals surface area (Å²) in [5.74, 6) is -0.955. The smallest absolute Gasteiger partial charge is 0.317 e. The van der Waals surface area contributed by atoms with E-state index in [9.17, 15) is 9.59 Å². The van der Waals surface area contributed by atoms with Gasteiger partial charge in [-0.05, 0) is 44.1 Å². The van der Waals surface area contributed by atoms with Crippen LogP contribution < -0.4 is 5.32 Å². The lowest BCUT2D eigenvalue weighted by atomic mass is 9.76. The Morgan fingerprint density at radius 2 is 1.84 bits per heavy atom. The van der Waals surface area contributed by atoms with Gasteiger partial charge >= 0.3 is 12.0 Å². The Hall–Kier alpha value is -2.04. The van der Waals surface area contributed by atoms with Crippen LogP contribution >= 0.6 is 0 Å². The molecular weight excluding hydrogens is 316 g/mol. The Balaban J connectivity index is 1.57. The molecule has 1 aliphatic heterocycles. The molecule has 1 unspecified atom stereocenters. The van der Waals surface area contributed by atoms with Crippen LogP contribution in [0.2, 0.25) is 0 Å². The maximum Gasteiger partial charge on any atom is 0.317 e. The van der Waals surface area contributed by atoms with E-state index in [1.54, 1.807) is 0 Å². The van der Waals surface area contributed by atoms with Gasteiger partial charge in [-0.15, -0.1) is 0 Å². The highest BCUT2D eigenvalue weighted by Crippen LogP contribution is 2.33. The third kappa shape index (κ3) is 4.14. The second-order valence-electron chi connectivity index (χ2n) is 7.79. The number of carboxylic acids is 1. The molecule has 0 aromatic heterocycles. The maximum absolute atomic E-state index is 12.7. The van der Waals surface area contributed by atoms with Gasteiger partial charge in [-0.2, -0.15) is 0 Å². The Labute approximate surface area is 149 Å². The average molecular weight is 344 g/mol. The normalized spacial score (nSPS) is 29.9. The lowest BCUT2D eigenvalue weighted by molar-refractivity contribution is -0.142. The van der Waals surface area contributed by atoms with E-state index in [-0.39, 0.29) is 23.4 Å². The van der Waals surface area contributed by atoms with Gasteiger partial charge in [0.2, 0.25) is 0 Å². The number of amides is 2. The number of rotatable bonds is 3. The molecule has 5 heteroatoms. The molecule has 1 atom stereocenters. The largest absolute Gasteiger partial charge is 0.481 e. The van der Waals surface area contributed by atoms with Gasteiger partial charge in [0.15, 0.2) is 0 Å². The van der Waals surface area contributed by atoms with Gasteiger partial charge in [-0.1, -0.05) is 37.3 Å². The number of nitrogens with one attached hydrogen (secondary N) is 1. The van der Waals surface area contributed by atoms with Crippen molar-refractivity contribution in [3.8, 4) is 0 Å². The molecule has 1 saturated carbocycles. The summed E-state index contributed by atoms with van der Waals surface area (Å²) in [5.41, 5.74) is 1.28. The molecule has 1 heterocycles. The Kier molecular flexibility index (Phi) is 5.30. The number of likely N-dealkylation sites (tertiary alicyclic amines) is 1. The highest BCUT2D eigenvalue weighted by atomic mass is 16.4. The fourth-order valence-corrected chi connectivity index (χ4v) is 4.24. The summed E-state index contributed by atoms with van der Waals surface area (Å²) in [6.07, 6.45) is 4.91. The highest BCUT2D eigenvalue weighted by molar-refractivity contribution is 5.75. The summed E-state index contributed by atoms with van der Waals surface area (Å²) in [4.78, 5) is 25.7. The fraction of sp³-hybridized carbons (Fsp3) is 0.600. The molecule has 136 valence electrons. The summed E-state index contributed by atoms with van der Waals surface area (Å²) in [7, 11) is 0. The van der Waals surface area contributed by atoms with Gasteiger partial charge in [-0.25, -0.2) is 4.79 Å². The molecule has 0 spiro atoms. The molecule has 1 aromatic carbocycles. The van der Waals surface area contributed by atoms with Crippen molar-refractivity contribution in [1.82, 2.24) is 10.2 Å². The predicted octanol–water partition coefficient (Wildman–Crippen LogP) is 3.39. The van der Waals surface area contributed by atoms with Crippen LogP contribution in [-0.2, 0) is 10.2 Å². The molecule has 1 aromatic rings. The van der Waals surface area contributed by atoms with E-state index in [1.807, 2.05) is 11.0 Å². The minimum Gasteiger partial charge on any atom is -0.481 e. The van der Waals surface area contributed by atoms with E-state index in [0.717, 1.165) is 38.8 Å². The molecule has 2 N–H and O–H groups in total. The van der Waals surface area contributed by atoms with Crippen LogP contribution in [0.4, 0.5) is 4.79 Å². The van der Waals surface area contributed by atoms with Crippen LogP contribution in [0, 0.1) is 5.92 Å². The Morgan fingerprint density at radius 3 is 2.48 bits per heavy atom. The van der Waals surface area contributed by atoms with Gasteiger partial charge in [-0.3, -0.25) is 4.79 Å². The molecule has 0 bridgehead atoms. The first-order valence-corrected chi connectivity index (χ1v) is 9.32. The molecule has 3 rings (SSSR count). The molecule has 2 amide bonds. The molecule has 1 aliphatic carbocycles. The van der Waals surface area contributed by atoms with Gasteiger partial charge in [0, 0.05) is 24.5 Å². The first-order chi connectivity index (χ1) is 12.0. The lowest BCUT2D eigenvalue weighted by Crippen LogP contribution is -2.53. The van der Waals surface area contributed by atoms with Gasteiger partial charge in [0.1, 0.15) is 0 Å². The molecule has 5 nitrogen and oxygen atoms in total. The molecule has 2 fully saturated rings. The number of nitrogens with zero attached hydrogens (tertiary/aromatic N) is 1. The van der Waals surface area contributed by atoms with Crippen molar-refractivity contribution in [3.05, 3.63) is 35.9 Å². The minimum absolute atomic E-state index is 0.000584. The second kappa shape index (κ2) is 7.46. The van der Waals surface area contributed by atoms with Crippen molar-refractivity contribution in [2.24, 2.45) is 5.92 Å². The van der Waals surface area contributed by atoms with Crippen LogP contribution in [0.3, 0.4) is 0 Å². The number of piperidine rings is 1. The summed E-state index contributed by atoms with van der Waals surface area (Å²) < 4.78 is 0. The first-order valence-electron chi connectivity index (χ1n) is 9.32. The molecular formula is C20H28N2O3. The van der Waals surface area contributed by atoms with E-state index in [1.165, 1.54) is 5.56 Å². The van der Waals surface area contributed by atoms with Crippen molar-refractivity contribution < 1.29 is 14.7 Å². The number of benzene rings is 1. The van der Waals surface area contributed by atoms with Crippen molar-refractivity contribution >= 4 is 12.0 Å². The average Bonchev–Trinajstić information content (AvgIpc) is 2.63. The van der Waals surface area contributed by atoms with E-state index in [0.29, 0.717) is 12.8 Å². The topological polar surface area (TPSA) is 69.6 Å². The Bertz CT molecular complexity index is 611. The first kappa shape index (κ1) is 17.8. The monoisotopic (exact) mass is 344 g/mol. The number of aliphatic carboxylic acids is 1. The zero-order valence-electron chi connectivity index (χ0n) is 14.9. The molecule has 1 saturated heterocycles. The number of hydrogen-bond acceptors (Lipinski definition) is 2. The Morgan fingerprint density at radius 1 is 1.16 bits per heavy atom. The molecule has 0 radical (unpaired) electrons. The zero-order valence-corrected chi connectivity index (χ0v) is 14.9. The number of carbonyl (C=O) groups is 2. The third-order valence-corrected chi connectivity index (χ3v) is 5.86. The van der Waals surface area contributed by atoms with E-state index in [4.69, 9.17) is 5.11 Å². The van der Waals surface area contributed by atoms with Gasteiger partial charge < -0.3 is 15.3 Å². The zero-order chi connectivity index (χ0) is 17.9. The van der Waals surface area contributed by atoms with Crippen molar-refractivity contribution in [2.45, 2.75) is 56.9 Å². The van der Waals surface area contributed by atoms with Crippen LogP contribution in [0.5, 0.6) is 0 Å². The van der Waals surface area contributed by atoms with E-state index >= 15 is 0 Å². The number of carboxylic acid groups (broad SMARTS) is 1. The van der Waals surface area contributed by atoms with E-state index < -0.39 is 5.97 Å². The van der Waals surface area contributed by atoms with Crippen LogP contribution in [0.25, 0.3) is 0 Å². The molecule has 2 aliphatic rings. The van der Waals surface area contributed by atoms with Crippen molar-refractivity contribution in [2.75, 3.05) is 13.1 Å². The number of carbonyl (C=O) groups excluding carboxylic acids is 1. The maximum atomic E-state index is 12.7. The van der Waals surface area contributed by atoms with Crippen LogP contribution in [0.1, 0.15) is 51.0 Å². The molecule has 25 heavy (non-hydrogen) atoms. The summed E-state index contributed by atoms with van der Waals surface area (Å²) in [6.45, 7) is 3.76. The van der Waals surface area contributed by atoms with Crippen molar-refractivity contribution in [1.29, 1.82) is 0 Å². The minimum atomic E-state index is -0.709. The second-order valence-corrected chi connectivity index (χ2v) is 7.79. The quantitative estimate of drug-likeness (QED) is 0.883. The van der Waals surface area contributed by atoms with Crippen LogP contribution in [0.15, 0.2) is 30.3 Å². The van der Waals surface area contributed by atoms with E-state index in [2.05, 4.69) is 36.5 Å².